The third-order valence-corrected chi connectivity index (χ3v) is 4.52. The number of hydrogen-bond donors (Lipinski definition) is 4. The summed E-state index contributed by atoms with van der Waals surface area (Å²) in [7, 11) is 0. The number of allylic oxidation sites excluding steroid dienone is 3. The van der Waals surface area contributed by atoms with E-state index in [1.807, 2.05) is 18.2 Å². The van der Waals surface area contributed by atoms with Crippen molar-refractivity contribution in [2.75, 3.05) is 26.2 Å². The van der Waals surface area contributed by atoms with Crippen molar-refractivity contribution in [2.45, 2.75) is 83.7 Å². The van der Waals surface area contributed by atoms with Gasteiger partial charge in [-0.1, -0.05) is 69.8 Å². The van der Waals surface area contributed by atoms with Crippen LogP contribution in [0.4, 0.5) is 0 Å². The molecule has 0 radical (unpaired) electrons. The van der Waals surface area contributed by atoms with Crippen molar-refractivity contribution in [3.05, 3.63) is 24.3 Å². The van der Waals surface area contributed by atoms with Crippen molar-refractivity contribution in [1.29, 1.82) is 0 Å². The quantitative estimate of drug-likeness (QED) is 0.140. The van der Waals surface area contributed by atoms with Gasteiger partial charge in [-0.05, 0) is 25.7 Å². The molecule has 164 valence electrons. The summed E-state index contributed by atoms with van der Waals surface area (Å²) in [5.41, 5.74) is 0. The van der Waals surface area contributed by atoms with Crippen molar-refractivity contribution in [2.24, 2.45) is 0 Å². The fourth-order valence-electron chi connectivity index (χ4n) is 2.81. The van der Waals surface area contributed by atoms with Gasteiger partial charge in [0.2, 0.25) is 0 Å². The van der Waals surface area contributed by atoms with E-state index in [0.29, 0.717) is 0 Å². The van der Waals surface area contributed by atoms with Crippen molar-refractivity contribution in [3.8, 4) is 0 Å². The summed E-state index contributed by atoms with van der Waals surface area (Å²) < 4.78 is 0. The highest BCUT2D eigenvalue weighted by atomic mass is 17.1. The van der Waals surface area contributed by atoms with E-state index in [0.717, 1.165) is 90.4 Å². The average molecular weight is 399 g/mol. The molecule has 1 rings (SSSR count). The zero-order valence-electron chi connectivity index (χ0n) is 17.7. The van der Waals surface area contributed by atoms with Crippen LogP contribution in [0.2, 0.25) is 0 Å². The van der Waals surface area contributed by atoms with E-state index in [1.54, 1.807) is 0 Å². The van der Waals surface area contributed by atoms with E-state index in [2.05, 4.69) is 28.5 Å². The number of rotatable bonds is 15. The summed E-state index contributed by atoms with van der Waals surface area (Å²) in [5, 5.41) is 23.7. The molecule has 0 aromatic carbocycles. The van der Waals surface area contributed by atoms with Crippen molar-refractivity contribution >= 4 is 5.97 Å². The Labute approximate surface area is 171 Å². The van der Waals surface area contributed by atoms with Gasteiger partial charge in [0.1, 0.15) is 6.10 Å². The first-order valence-electron chi connectivity index (χ1n) is 11.0. The number of nitrogens with one attached hydrogen (secondary N) is 2. The summed E-state index contributed by atoms with van der Waals surface area (Å²) in [4.78, 5) is 14.8. The molecule has 4 N–H and O–H groups in total. The zero-order valence-corrected chi connectivity index (χ0v) is 17.7. The summed E-state index contributed by atoms with van der Waals surface area (Å²) >= 11 is 0. The van der Waals surface area contributed by atoms with Gasteiger partial charge in [0.25, 0.3) is 0 Å². The molecule has 0 aliphatic carbocycles. The second kappa shape index (κ2) is 22.1. The number of piperazine rings is 1. The van der Waals surface area contributed by atoms with E-state index < -0.39 is 5.97 Å². The molecule has 0 amide bonds. The van der Waals surface area contributed by atoms with Gasteiger partial charge in [-0.3, -0.25) is 10.1 Å². The minimum atomic E-state index is -0.699. The molecule has 0 spiro atoms. The van der Waals surface area contributed by atoms with Gasteiger partial charge in [0.05, 0.1) is 0 Å². The van der Waals surface area contributed by atoms with E-state index >= 15 is 0 Å². The minimum Gasteiger partial charge on any atom is -0.481 e. The molecular weight excluding hydrogens is 356 g/mol. The van der Waals surface area contributed by atoms with Crippen molar-refractivity contribution in [1.82, 2.24) is 10.6 Å². The molecule has 6 nitrogen and oxygen atoms in total. The Morgan fingerprint density at radius 2 is 1.61 bits per heavy atom. The van der Waals surface area contributed by atoms with E-state index in [4.69, 9.17) is 10.4 Å². The Balaban J connectivity index is 0.00000102. The molecule has 1 saturated heterocycles. The smallest absolute Gasteiger partial charge is 0.303 e. The first-order valence-corrected chi connectivity index (χ1v) is 11.0. The van der Waals surface area contributed by atoms with Crippen LogP contribution in [0.15, 0.2) is 24.3 Å². The lowest BCUT2D eigenvalue weighted by Crippen LogP contribution is -2.39. The number of carboxylic acids is 1. The maximum absolute atomic E-state index is 10.3. The number of carbonyl (C=O) groups is 1. The highest BCUT2D eigenvalue weighted by Gasteiger charge is 2.02. The van der Waals surface area contributed by atoms with E-state index in [-0.39, 0.29) is 12.5 Å². The molecule has 6 heteroatoms. The van der Waals surface area contributed by atoms with E-state index in [9.17, 15) is 4.79 Å². The fourth-order valence-corrected chi connectivity index (χ4v) is 2.81. The molecule has 28 heavy (non-hydrogen) atoms. The number of hydrogen-bond acceptors (Lipinski definition) is 5. The highest BCUT2D eigenvalue weighted by Crippen LogP contribution is 2.09. The average Bonchev–Trinajstić information content (AvgIpc) is 2.72. The molecule has 1 atom stereocenters. The topological polar surface area (TPSA) is 90.8 Å². The monoisotopic (exact) mass is 398 g/mol. The Morgan fingerprint density at radius 1 is 0.964 bits per heavy atom. The van der Waals surface area contributed by atoms with Gasteiger partial charge in [-0.25, -0.2) is 4.89 Å². The standard InChI is InChI=1S/C18H32O4.C4H10N2/c1-2-3-11-14-17(22-21)15-12-9-7-5-4-6-8-10-13-16-18(19)20;1-2-6-4-3-5-1/h7,9,12,15,17,21H,2-6,8,10-11,13-14,16H2,1H3,(H,19,20);5-6H,1-4H2/b9-7-,15-12+;. The number of aliphatic carboxylic acids is 1. The third kappa shape index (κ3) is 21.1. The minimum absolute atomic E-state index is 0.203. The SMILES string of the molecule is C1CNCCN1.CCCCCC(/C=C/C=C\CCCCCCCC(=O)O)OO. The number of unbranched alkanes of at least 4 members (excludes halogenated alkanes) is 7. The molecule has 1 aliphatic heterocycles. The van der Waals surface area contributed by atoms with Crippen molar-refractivity contribution in [3.63, 3.8) is 0 Å². The molecule has 0 saturated carbocycles. The molecule has 1 heterocycles. The van der Waals surface area contributed by atoms with Crippen LogP contribution in [-0.4, -0.2) is 48.6 Å². The van der Waals surface area contributed by atoms with Gasteiger partial charge in [0, 0.05) is 32.6 Å². The van der Waals surface area contributed by atoms with Crippen LogP contribution in [0.25, 0.3) is 0 Å². The highest BCUT2D eigenvalue weighted by molar-refractivity contribution is 5.66. The first-order chi connectivity index (χ1) is 13.7. The summed E-state index contributed by atoms with van der Waals surface area (Å²) in [6.45, 7) is 6.71. The second-order valence-electron chi connectivity index (χ2n) is 7.15. The van der Waals surface area contributed by atoms with Crippen LogP contribution in [0, 0.1) is 0 Å². The predicted molar refractivity (Wildman–Crippen MR) is 116 cm³/mol. The van der Waals surface area contributed by atoms with E-state index in [1.165, 1.54) is 0 Å². The molecule has 0 aromatic heterocycles. The van der Waals surface area contributed by atoms with Crippen molar-refractivity contribution < 1.29 is 20.0 Å². The summed E-state index contributed by atoms with van der Waals surface area (Å²) in [5.74, 6) is -0.699. The van der Waals surface area contributed by atoms with Crippen LogP contribution in [0.3, 0.4) is 0 Å². The molecular formula is C22H42N2O4. The Hall–Kier alpha value is -1.21. The lowest BCUT2D eigenvalue weighted by atomic mass is 10.1. The maximum Gasteiger partial charge on any atom is 0.303 e. The Bertz CT molecular complexity index is 384. The number of carboxylic acid groups (broad SMARTS) is 1. The summed E-state index contributed by atoms with van der Waals surface area (Å²) in [6, 6.07) is 0. The molecule has 0 bridgehead atoms. The van der Waals surface area contributed by atoms with Crippen LogP contribution >= 0.6 is 0 Å². The van der Waals surface area contributed by atoms with Gasteiger partial charge < -0.3 is 15.7 Å². The van der Waals surface area contributed by atoms with Crippen LogP contribution in [0.5, 0.6) is 0 Å². The van der Waals surface area contributed by atoms with Gasteiger partial charge in [-0.2, -0.15) is 0 Å². The van der Waals surface area contributed by atoms with Gasteiger partial charge >= 0.3 is 5.97 Å². The summed E-state index contributed by atoms with van der Waals surface area (Å²) in [6.07, 6.45) is 18.5. The second-order valence-corrected chi connectivity index (χ2v) is 7.15. The van der Waals surface area contributed by atoms with Crippen LogP contribution in [0.1, 0.15) is 77.6 Å². The fraction of sp³-hybridized carbons (Fsp3) is 0.773. The van der Waals surface area contributed by atoms with Gasteiger partial charge in [-0.15, -0.1) is 0 Å². The predicted octanol–water partition coefficient (Wildman–Crippen LogP) is 4.53. The first kappa shape index (κ1) is 26.8. The molecule has 1 aliphatic rings. The lowest BCUT2D eigenvalue weighted by molar-refractivity contribution is -0.267. The molecule has 0 aromatic rings. The lowest BCUT2D eigenvalue weighted by Gasteiger charge is -2.11. The normalized spacial score (nSPS) is 15.5. The maximum atomic E-state index is 10.3. The zero-order chi connectivity index (χ0) is 20.7. The Morgan fingerprint density at radius 3 is 2.18 bits per heavy atom. The van der Waals surface area contributed by atoms with Crippen LogP contribution < -0.4 is 10.6 Å². The van der Waals surface area contributed by atoms with Gasteiger partial charge in [0.15, 0.2) is 0 Å². The molecule has 1 unspecified atom stereocenters. The molecule has 1 fully saturated rings. The Kier molecular flexibility index (Phi) is 21.1. The largest absolute Gasteiger partial charge is 0.481 e. The van der Waals surface area contributed by atoms with Crippen LogP contribution in [-0.2, 0) is 9.68 Å². The third-order valence-electron chi connectivity index (χ3n) is 4.52.